The molecule has 21 heavy (non-hydrogen) atoms. The first-order valence-electron chi connectivity index (χ1n) is 6.41. The van der Waals surface area contributed by atoms with Crippen LogP contribution in [0.3, 0.4) is 0 Å². The number of halogens is 2. The number of nitrogens with one attached hydrogen (secondary N) is 2. The number of rotatable bonds is 3. The molecule has 7 heteroatoms. The third-order valence-corrected chi connectivity index (χ3v) is 3.38. The lowest BCUT2D eigenvalue weighted by Gasteiger charge is -2.13. The monoisotopic (exact) mass is 328 g/mol. The molecule has 0 aliphatic carbocycles. The molecule has 2 N–H and O–H groups in total. The van der Waals surface area contributed by atoms with Crippen molar-refractivity contribution in [2.45, 2.75) is 19.4 Å². The molecule has 2 aromatic rings. The highest BCUT2D eigenvalue weighted by atomic mass is 35.5. The molecule has 5 nitrogen and oxygen atoms in total. The van der Waals surface area contributed by atoms with E-state index >= 15 is 0 Å². The Hall–Kier alpha value is -1.72. The smallest absolute Gasteiger partial charge is 0.248 e. The van der Waals surface area contributed by atoms with E-state index in [9.17, 15) is 4.79 Å². The van der Waals surface area contributed by atoms with E-state index in [0.29, 0.717) is 0 Å². The average molecular weight is 329 g/mol. The summed E-state index contributed by atoms with van der Waals surface area (Å²) < 4.78 is 1.64. The van der Waals surface area contributed by atoms with E-state index in [1.54, 1.807) is 17.1 Å². The van der Waals surface area contributed by atoms with Crippen LogP contribution in [0.1, 0.15) is 18.5 Å². The van der Waals surface area contributed by atoms with Crippen LogP contribution in [0.15, 0.2) is 36.7 Å². The Kier molecular flexibility index (Phi) is 6.05. The number of aromatic nitrogens is 2. The number of hydrogen-bond donors (Lipinski definition) is 2. The van der Waals surface area contributed by atoms with E-state index < -0.39 is 0 Å². The summed E-state index contributed by atoms with van der Waals surface area (Å²) in [5, 5.41) is 10.3. The van der Waals surface area contributed by atoms with Crippen molar-refractivity contribution in [3.8, 4) is 0 Å². The van der Waals surface area contributed by atoms with Gasteiger partial charge in [0.15, 0.2) is 0 Å². The molecule has 0 spiro atoms. The molecular weight excluding hydrogens is 311 g/mol. The fraction of sp³-hybridized carbons (Fsp3) is 0.286. The van der Waals surface area contributed by atoms with E-state index in [-0.39, 0.29) is 36.8 Å². The molecule has 114 valence electrons. The van der Waals surface area contributed by atoms with Crippen LogP contribution in [0.25, 0.3) is 0 Å². The molecule has 0 bridgehead atoms. The summed E-state index contributed by atoms with van der Waals surface area (Å²) >= 11 is 0. The number of carbonyl (C=O) groups excluding carboxylic acids is 1. The predicted molar refractivity (Wildman–Crippen MR) is 88.7 cm³/mol. The van der Waals surface area contributed by atoms with Crippen LogP contribution in [0.5, 0.6) is 0 Å². The van der Waals surface area contributed by atoms with Gasteiger partial charge < -0.3 is 10.6 Å². The van der Waals surface area contributed by atoms with Gasteiger partial charge in [0.25, 0.3) is 0 Å². The lowest BCUT2D eigenvalue weighted by atomic mass is 10.1. The summed E-state index contributed by atoms with van der Waals surface area (Å²) in [6.07, 6.45) is 4.47. The summed E-state index contributed by atoms with van der Waals surface area (Å²) in [7, 11) is 0. The average Bonchev–Trinajstić information content (AvgIpc) is 3.08. The first-order valence-corrected chi connectivity index (χ1v) is 6.41. The SMILES string of the molecule is CC(C(=O)Nc1ccc2c(c1)CCN2)n1cccn1.Cl.Cl. The van der Waals surface area contributed by atoms with Crippen LogP contribution < -0.4 is 10.6 Å². The number of benzene rings is 1. The largest absolute Gasteiger partial charge is 0.384 e. The van der Waals surface area contributed by atoms with Gasteiger partial charge in [-0.15, -0.1) is 24.8 Å². The Morgan fingerprint density at radius 3 is 2.95 bits per heavy atom. The molecule has 0 fully saturated rings. The number of amides is 1. The Balaban J connectivity index is 0.00000110. The fourth-order valence-electron chi connectivity index (χ4n) is 2.26. The molecule has 1 amide bonds. The summed E-state index contributed by atoms with van der Waals surface area (Å²) in [5.41, 5.74) is 3.26. The Labute approximate surface area is 135 Å². The molecule has 1 aromatic carbocycles. The maximum Gasteiger partial charge on any atom is 0.248 e. The van der Waals surface area contributed by atoms with Gasteiger partial charge in [0, 0.05) is 30.3 Å². The normalized spacial score (nSPS) is 13.2. The van der Waals surface area contributed by atoms with Crippen LogP contribution in [0.4, 0.5) is 11.4 Å². The quantitative estimate of drug-likeness (QED) is 0.910. The van der Waals surface area contributed by atoms with Gasteiger partial charge in [0.05, 0.1) is 0 Å². The van der Waals surface area contributed by atoms with E-state index in [1.165, 1.54) is 5.56 Å². The van der Waals surface area contributed by atoms with Crippen molar-refractivity contribution in [1.82, 2.24) is 9.78 Å². The van der Waals surface area contributed by atoms with Gasteiger partial charge in [-0.05, 0) is 43.2 Å². The molecule has 2 heterocycles. The van der Waals surface area contributed by atoms with Gasteiger partial charge in [-0.2, -0.15) is 5.10 Å². The second-order valence-electron chi connectivity index (χ2n) is 4.70. The standard InChI is InChI=1S/C14H16N4O.2ClH/c1-10(18-8-2-6-16-18)14(19)17-12-3-4-13-11(9-12)5-7-15-13;;/h2-4,6,8-10,15H,5,7H2,1H3,(H,17,19);2*1H. The number of fused-ring (bicyclic) bond motifs is 1. The molecule has 3 rings (SSSR count). The Morgan fingerprint density at radius 1 is 1.43 bits per heavy atom. The van der Waals surface area contributed by atoms with Gasteiger partial charge in [-0.3, -0.25) is 9.48 Å². The van der Waals surface area contributed by atoms with Gasteiger partial charge in [-0.1, -0.05) is 0 Å². The number of nitrogens with zero attached hydrogens (tertiary/aromatic N) is 2. The molecule has 1 aromatic heterocycles. The zero-order chi connectivity index (χ0) is 13.2. The summed E-state index contributed by atoms with van der Waals surface area (Å²) in [6.45, 7) is 2.80. The van der Waals surface area contributed by atoms with Gasteiger partial charge in [-0.25, -0.2) is 0 Å². The van der Waals surface area contributed by atoms with E-state index in [2.05, 4.69) is 15.7 Å². The highest BCUT2D eigenvalue weighted by Crippen LogP contribution is 2.25. The lowest BCUT2D eigenvalue weighted by Crippen LogP contribution is -2.24. The van der Waals surface area contributed by atoms with Crippen molar-refractivity contribution in [2.75, 3.05) is 17.2 Å². The van der Waals surface area contributed by atoms with Crippen molar-refractivity contribution >= 4 is 42.1 Å². The van der Waals surface area contributed by atoms with Crippen molar-refractivity contribution < 1.29 is 4.79 Å². The molecule has 1 aliphatic rings. The second kappa shape index (κ2) is 7.33. The molecular formula is C14H18Cl2N4O. The minimum atomic E-state index is -0.318. The van der Waals surface area contributed by atoms with Crippen molar-refractivity contribution in [3.05, 3.63) is 42.2 Å². The first-order chi connectivity index (χ1) is 9.24. The molecule has 1 unspecified atom stereocenters. The third kappa shape index (κ3) is 3.68. The van der Waals surface area contributed by atoms with Crippen LogP contribution in [-0.2, 0) is 11.2 Å². The second-order valence-corrected chi connectivity index (χ2v) is 4.70. The van der Waals surface area contributed by atoms with Gasteiger partial charge in [0.1, 0.15) is 6.04 Å². The summed E-state index contributed by atoms with van der Waals surface area (Å²) in [5.74, 6) is -0.0605. The highest BCUT2D eigenvalue weighted by Gasteiger charge is 2.16. The highest BCUT2D eigenvalue weighted by molar-refractivity contribution is 5.93. The predicted octanol–water partition coefficient (Wildman–Crippen LogP) is 2.89. The minimum absolute atomic E-state index is 0. The molecule has 1 aliphatic heterocycles. The zero-order valence-corrected chi connectivity index (χ0v) is 13.2. The maximum absolute atomic E-state index is 12.1. The van der Waals surface area contributed by atoms with E-state index in [4.69, 9.17) is 0 Å². The summed E-state index contributed by atoms with van der Waals surface area (Å²) in [6, 6.07) is 7.45. The molecule has 0 saturated carbocycles. The van der Waals surface area contributed by atoms with Gasteiger partial charge >= 0.3 is 0 Å². The van der Waals surface area contributed by atoms with Gasteiger partial charge in [0.2, 0.25) is 5.91 Å². The fourth-order valence-corrected chi connectivity index (χ4v) is 2.26. The molecule has 0 saturated heterocycles. The van der Waals surface area contributed by atoms with Crippen molar-refractivity contribution in [1.29, 1.82) is 0 Å². The third-order valence-electron chi connectivity index (χ3n) is 3.38. The first kappa shape index (κ1) is 17.3. The molecule has 0 radical (unpaired) electrons. The van der Waals surface area contributed by atoms with Crippen LogP contribution in [0.2, 0.25) is 0 Å². The Morgan fingerprint density at radius 2 is 2.24 bits per heavy atom. The van der Waals surface area contributed by atoms with Crippen LogP contribution in [0, 0.1) is 0 Å². The van der Waals surface area contributed by atoms with Crippen molar-refractivity contribution in [2.24, 2.45) is 0 Å². The summed E-state index contributed by atoms with van der Waals surface area (Å²) in [4.78, 5) is 12.1. The van der Waals surface area contributed by atoms with E-state index in [0.717, 1.165) is 24.3 Å². The lowest BCUT2D eigenvalue weighted by molar-refractivity contribution is -0.119. The molecule has 1 atom stereocenters. The van der Waals surface area contributed by atoms with E-state index in [1.807, 2.05) is 31.2 Å². The van der Waals surface area contributed by atoms with Crippen LogP contribution >= 0.6 is 24.8 Å². The number of anilines is 2. The minimum Gasteiger partial charge on any atom is -0.384 e. The maximum atomic E-state index is 12.1. The van der Waals surface area contributed by atoms with Crippen LogP contribution in [-0.4, -0.2) is 22.2 Å². The zero-order valence-electron chi connectivity index (χ0n) is 11.6. The number of carbonyl (C=O) groups is 1. The Bertz CT molecular complexity index is 601. The topological polar surface area (TPSA) is 59.0 Å². The van der Waals surface area contributed by atoms with Crippen molar-refractivity contribution in [3.63, 3.8) is 0 Å². The number of hydrogen-bond acceptors (Lipinski definition) is 3.